The number of amides is 1. The number of carbonyl (C=O) groups excluding carboxylic acids is 1. The topological polar surface area (TPSA) is 114 Å². The fourth-order valence-corrected chi connectivity index (χ4v) is 4.52. The fraction of sp³-hybridized carbons (Fsp3) is 0.355. The van der Waals surface area contributed by atoms with Crippen LogP contribution in [0.2, 0.25) is 0 Å². The molecule has 1 heterocycles. The maximum absolute atomic E-state index is 13.2. The Morgan fingerprint density at radius 2 is 1.56 bits per heavy atom. The molecule has 0 aromatic heterocycles. The Morgan fingerprint density at radius 3 is 2.22 bits per heavy atom. The Labute approximate surface area is 240 Å². The number of nitrogens with two attached hydrogens (primary N) is 1. The lowest BCUT2D eigenvalue weighted by Crippen LogP contribution is -2.39. The number of carbonyl (C=O) groups is 1. The summed E-state index contributed by atoms with van der Waals surface area (Å²) in [5.41, 5.74) is 7.68. The number of fused-ring (bicyclic) bond motifs is 1. The molecular formula is C31H37N3O7. The number of rotatable bonds is 12. The Morgan fingerprint density at radius 1 is 0.878 bits per heavy atom. The fourth-order valence-electron chi connectivity index (χ4n) is 4.52. The summed E-state index contributed by atoms with van der Waals surface area (Å²) >= 11 is 0. The van der Waals surface area contributed by atoms with E-state index in [1.807, 2.05) is 31.9 Å². The zero-order chi connectivity index (χ0) is 29.5. The quantitative estimate of drug-likeness (QED) is 0.271. The molecule has 0 fully saturated rings. The maximum Gasteiger partial charge on any atom is 0.256 e. The lowest BCUT2D eigenvalue weighted by Gasteiger charge is -2.26. The molecule has 10 nitrogen and oxygen atoms in total. The number of hydrogen-bond acceptors (Lipinski definition) is 9. The lowest BCUT2D eigenvalue weighted by atomic mass is 10.1. The Hall–Kier alpha value is -4.60. The first-order valence-electron chi connectivity index (χ1n) is 13.5. The van der Waals surface area contributed by atoms with E-state index in [1.165, 1.54) is 0 Å². The Kier molecular flexibility index (Phi) is 9.44. The molecule has 3 aromatic rings. The first kappa shape index (κ1) is 29.4. The molecule has 1 aliphatic heterocycles. The average molecular weight is 564 g/mol. The second-order valence-corrected chi connectivity index (χ2v) is 9.42. The highest BCUT2D eigenvalue weighted by Gasteiger charge is 2.28. The lowest BCUT2D eigenvalue weighted by molar-refractivity contribution is 0.0738. The maximum atomic E-state index is 13.2. The molecule has 2 unspecified atom stereocenters. The van der Waals surface area contributed by atoms with Gasteiger partial charge in [0.2, 0.25) is 0 Å². The van der Waals surface area contributed by atoms with Gasteiger partial charge in [0.05, 0.1) is 44.3 Å². The van der Waals surface area contributed by atoms with Crippen LogP contribution in [0.3, 0.4) is 0 Å². The third kappa shape index (κ3) is 6.59. The van der Waals surface area contributed by atoms with Crippen LogP contribution in [0.4, 0.5) is 11.4 Å². The highest BCUT2D eigenvalue weighted by molar-refractivity contribution is 6.03. The molecule has 2 atom stereocenters. The van der Waals surface area contributed by atoms with Gasteiger partial charge < -0.3 is 39.1 Å². The van der Waals surface area contributed by atoms with Crippen molar-refractivity contribution in [3.05, 3.63) is 54.1 Å². The summed E-state index contributed by atoms with van der Waals surface area (Å²) in [4.78, 5) is 19.6. The third-order valence-corrected chi connectivity index (χ3v) is 6.70. The van der Waals surface area contributed by atoms with Crippen LogP contribution >= 0.6 is 0 Å². The molecule has 3 aromatic carbocycles. The van der Waals surface area contributed by atoms with Crippen LogP contribution in [0.5, 0.6) is 40.2 Å². The smallest absolute Gasteiger partial charge is 0.256 e. The molecule has 0 aliphatic carbocycles. The first-order valence-corrected chi connectivity index (χ1v) is 13.5. The normalized spacial score (nSPS) is 15.0. The highest BCUT2D eigenvalue weighted by Crippen LogP contribution is 2.38. The van der Waals surface area contributed by atoms with Gasteiger partial charge in [0.1, 0.15) is 24.2 Å². The zero-order valence-electron chi connectivity index (χ0n) is 24.3. The van der Waals surface area contributed by atoms with Crippen LogP contribution < -0.4 is 34.2 Å². The predicted molar refractivity (Wildman–Crippen MR) is 158 cm³/mol. The van der Waals surface area contributed by atoms with Crippen molar-refractivity contribution < 1.29 is 33.2 Å². The minimum Gasteiger partial charge on any atom is -0.493 e. The van der Waals surface area contributed by atoms with Gasteiger partial charge in [-0.3, -0.25) is 9.79 Å². The number of nitrogen functional groups attached to an aromatic ring is 1. The molecule has 0 radical (unpaired) electrons. The monoisotopic (exact) mass is 563 g/mol. The minimum absolute atomic E-state index is 0.0640. The summed E-state index contributed by atoms with van der Waals surface area (Å²) in [5, 5.41) is 0. The van der Waals surface area contributed by atoms with Gasteiger partial charge >= 0.3 is 0 Å². The van der Waals surface area contributed by atoms with Gasteiger partial charge in [0, 0.05) is 31.0 Å². The van der Waals surface area contributed by atoms with Gasteiger partial charge in [-0.05, 0) is 50.6 Å². The van der Waals surface area contributed by atoms with Gasteiger partial charge in [-0.15, -0.1) is 0 Å². The van der Waals surface area contributed by atoms with E-state index in [9.17, 15) is 4.79 Å². The summed E-state index contributed by atoms with van der Waals surface area (Å²) in [6.45, 7) is 6.70. The summed E-state index contributed by atoms with van der Waals surface area (Å²) in [6.07, 6.45) is 2.24. The molecule has 41 heavy (non-hydrogen) atoms. The van der Waals surface area contributed by atoms with Crippen molar-refractivity contribution in [2.45, 2.75) is 39.3 Å². The molecule has 10 heteroatoms. The number of benzene rings is 3. The van der Waals surface area contributed by atoms with E-state index < -0.39 is 0 Å². The summed E-state index contributed by atoms with van der Waals surface area (Å²) in [6, 6.07) is 13.8. The van der Waals surface area contributed by atoms with Crippen LogP contribution in [-0.4, -0.2) is 63.6 Å². The van der Waals surface area contributed by atoms with Crippen molar-refractivity contribution in [1.29, 1.82) is 0 Å². The van der Waals surface area contributed by atoms with E-state index in [2.05, 4.69) is 4.99 Å². The van der Waals surface area contributed by atoms with Crippen molar-refractivity contribution in [2.24, 2.45) is 4.99 Å². The summed E-state index contributed by atoms with van der Waals surface area (Å²) in [5.74, 6) is 3.59. The Bertz CT molecular complexity index is 1410. The largest absolute Gasteiger partial charge is 0.493 e. The molecule has 1 amide bonds. The third-order valence-electron chi connectivity index (χ3n) is 6.70. The average Bonchev–Trinajstić information content (AvgIpc) is 3.11. The van der Waals surface area contributed by atoms with E-state index in [4.69, 9.17) is 34.2 Å². The highest BCUT2D eigenvalue weighted by atomic mass is 16.5. The molecule has 0 bridgehead atoms. The SMILES string of the molecule is CCC1C=Nc2cc(OC(C)COc3ccc(Oc4ccc(OC)c(OC)c4)c(N)c3)c(OC)cc2C(=O)N1CC. The van der Waals surface area contributed by atoms with Gasteiger partial charge in [-0.25, -0.2) is 0 Å². The minimum atomic E-state index is -0.355. The summed E-state index contributed by atoms with van der Waals surface area (Å²) in [7, 11) is 4.68. The van der Waals surface area contributed by atoms with E-state index in [1.54, 1.807) is 69.9 Å². The molecule has 2 N–H and O–H groups in total. The van der Waals surface area contributed by atoms with Crippen molar-refractivity contribution in [2.75, 3.05) is 40.2 Å². The molecule has 218 valence electrons. The predicted octanol–water partition coefficient (Wildman–Crippen LogP) is 5.89. The van der Waals surface area contributed by atoms with Gasteiger partial charge in [-0.1, -0.05) is 6.92 Å². The number of hydrogen-bond donors (Lipinski definition) is 1. The Balaban J connectivity index is 1.42. The molecule has 0 saturated carbocycles. The molecule has 4 rings (SSSR count). The van der Waals surface area contributed by atoms with Crippen molar-refractivity contribution in [3.63, 3.8) is 0 Å². The van der Waals surface area contributed by atoms with Crippen LogP contribution in [0.1, 0.15) is 37.6 Å². The number of methoxy groups -OCH3 is 3. The van der Waals surface area contributed by atoms with Crippen LogP contribution in [0.15, 0.2) is 53.5 Å². The van der Waals surface area contributed by atoms with E-state index in [0.717, 1.165) is 6.42 Å². The van der Waals surface area contributed by atoms with E-state index in [-0.39, 0.29) is 24.7 Å². The van der Waals surface area contributed by atoms with Crippen molar-refractivity contribution in [1.82, 2.24) is 4.90 Å². The van der Waals surface area contributed by atoms with E-state index in [0.29, 0.717) is 63.7 Å². The van der Waals surface area contributed by atoms with Crippen LogP contribution in [0, 0.1) is 0 Å². The summed E-state index contributed by atoms with van der Waals surface area (Å²) < 4.78 is 34.2. The molecule has 0 spiro atoms. The van der Waals surface area contributed by atoms with Gasteiger partial charge in [0.25, 0.3) is 5.91 Å². The molecule has 1 aliphatic rings. The van der Waals surface area contributed by atoms with E-state index >= 15 is 0 Å². The van der Waals surface area contributed by atoms with Gasteiger partial charge in [-0.2, -0.15) is 0 Å². The van der Waals surface area contributed by atoms with Crippen LogP contribution in [-0.2, 0) is 0 Å². The molecular weight excluding hydrogens is 526 g/mol. The second-order valence-electron chi connectivity index (χ2n) is 9.42. The van der Waals surface area contributed by atoms with Crippen molar-refractivity contribution >= 4 is 23.5 Å². The number of nitrogens with zero attached hydrogens (tertiary/aromatic N) is 2. The number of ether oxygens (including phenoxy) is 6. The standard InChI is InChI=1S/C31H37N3O7/c1-7-20-17-33-25-16-30(29(38-6)15-23(25)31(35)34(20)8-2)40-19(3)18-39-21-9-11-26(24(32)13-21)41-22-10-12-27(36-4)28(14-22)37-5/h9-17,19-20H,7-8,18,32H2,1-6H3. The zero-order valence-corrected chi connectivity index (χ0v) is 24.3. The van der Waals surface area contributed by atoms with Crippen LogP contribution in [0.25, 0.3) is 0 Å². The number of anilines is 1. The molecule has 0 saturated heterocycles. The first-order chi connectivity index (χ1) is 19.8. The second kappa shape index (κ2) is 13.2. The van der Waals surface area contributed by atoms with Gasteiger partial charge in [0.15, 0.2) is 28.7 Å². The number of aliphatic imine (C=N–C) groups is 1. The van der Waals surface area contributed by atoms with Crippen molar-refractivity contribution in [3.8, 4) is 40.2 Å².